The maximum Gasteiger partial charge on any atom is 0.191 e. The molecule has 31 heavy (non-hydrogen) atoms. The number of nitrogens with one attached hydrogen (secondary N) is 3. The number of aliphatic imine (C=N–C) groups is 1. The molecule has 1 aromatic heterocycles. The highest BCUT2D eigenvalue weighted by atomic mass is 127. The number of nitrogens with zero attached hydrogens (tertiary/aromatic N) is 1. The molecule has 0 spiro atoms. The largest absolute Gasteiger partial charge is 0.491 e. The molecule has 1 unspecified atom stereocenters. The molecule has 0 aliphatic heterocycles. The number of aromatic amines is 1. The molecule has 1 atom stereocenters. The second kappa shape index (κ2) is 12.5. The molecule has 3 aromatic rings. The second-order valence-electron chi connectivity index (χ2n) is 6.82. The lowest BCUT2D eigenvalue weighted by atomic mass is 10.1. The zero-order valence-electron chi connectivity index (χ0n) is 17.2. The van der Waals surface area contributed by atoms with Crippen molar-refractivity contribution in [1.29, 1.82) is 0 Å². The first kappa shape index (κ1) is 24.9. The van der Waals surface area contributed by atoms with Gasteiger partial charge >= 0.3 is 0 Å². The van der Waals surface area contributed by atoms with Gasteiger partial charge in [-0.15, -0.1) is 24.0 Å². The van der Waals surface area contributed by atoms with Crippen molar-refractivity contribution < 1.29 is 18.6 Å². The maximum absolute atomic E-state index is 13.3. The minimum atomic E-state index is -0.797. The van der Waals surface area contributed by atoms with Crippen LogP contribution in [0.15, 0.2) is 53.7 Å². The first-order chi connectivity index (χ1) is 14.5. The van der Waals surface area contributed by atoms with Gasteiger partial charge in [0.15, 0.2) is 5.96 Å². The molecule has 3 rings (SSSR count). The van der Waals surface area contributed by atoms with Gasteiger partial charge in [-0.1, -0.05) is 0 Å². The summed E-state index contributed by atoms with van der Waals surface area (Å²) in [6.45, 7) is 3.47. The average Bonchev–Trinajstić information content (AvgIpc) is 3.13. The van der Waals surface area contributed by atoms with Gasteiger partial charge in [-0.05, 0) is 61.4 Å². The summed E-state index contributed by atoms with van der Waals surface area (Å²) < 4.78 is 31.6. The fourth-order valence-electron chi connectivity index (χ4n) is 3.00. The van der Waals surface area contributed by atoms with Crippen LogP contribution >= 0.6 is 24.0 Å². The lowest BCUT2D eigenvalue weighted by molar-refractivity contribution is 0.114. The van der Waals surface area contributed by atoms with Crippen LogP contribution in [0.5, 0.6) is 5.75 Å². The van der Waals surface area contributed by atoms with Crippen molar-refractivity contribution in [3.8, 4) is 5.75 Å². The van der Waals surface area contributed by atoms with Gasteiger partial charge in [-0.3, -0.25) is 4.99 Å². The number of hydrogen-bond donors (Lipinski definition) is 4. The molecule has 4 N–H and O–H groups in total. The van der Waals surface area contributed by atoms with E-state index in [4.69, 9.17) is 4.74 Å². The molecule has 1 heterocycles. The van der Waals surface area contributed by atoms with Crippen LogP contribution in [0.25, 0.3) is 10.9 Å². The number of benzene rings is 2. The number of rotatable bonds is 9. The number of aromatic nitrogens is 1. The van der Waals surface area contributed by atoms with E-state index >= 15 is 0 Å². The van der Waals surface area contributed by atoms with Crippen molar-refractivity contribution in [2.75, 3.05) is 26.2 Å². The van der Waals surface area contributed by atoms with E-state index in [0.29, 0.717) is 24.8 Å². The molecule has 0 aliphatic carbocycles. The molecule has 0 aliphatic rings. The predicted molar refractivity (Wildman–Crippen MR) is 129 cm³/mol. The maximum atomic E-state index is 13.3. The Hall–Kier alpha value is -2.40. The Morgan fingerprint density at radius 1 is 1.13 bits per heavy atom. The van der Waals surface area contributed by atoms with Gasteiger partial charge in [0.05, 0.1) is 6.54 Å². The number of hydrogen-bond acceptors (Lipinski definition) is 3. The van der Waals surface area contributed by atoms with E-state index in [2.05, 4.69) is 20.6 Å². The van der Waals surface area contributed by atoms with Crippen molar-refractivity contribution in [3.63, 3.8) is 0 Å². The minimum Gasteiger partial charge on any atom is -0.491 e. The van der Waals surface area contributed by atoms with E-state index in [1.807, 2.05) is 13.1 Å². The number of guanidine groups is 1. The van der Waals surface area contributed by atoms with Crippen molar-refractivity contribution in [2.24, 2.45) is 4.99 Å². The summed E-state index contributed by atoms with van der Waals surface area (Å²) in [7, 11) is 0. The van der Waals surface area contributed by atoms with Gasteiger partial charge in [0.2, 0.25) is 0 Å². The summed E-state index contributed by atoms with van der Waals surface area (Å²) in [4.78, 5) is 7.46. The molecule has 0 amide bonds. The third kappa shape index (κ3) is 7.66. The molecule has 0 fully saturated rings. The third-order valence-corrected chi connectivity index (χ3v) is 4.48. The molecule has 0 saturated carbocycles. The van der Waals surface area contributed by atoms with Gasteiger partial charge in [-0.25, -0.2) is 8.78 Å². The number of fused-ring (bicyclic) bond motifs is 1. The van der Waals surface area contributed by atoms with E-state index in [1.165, 1.54) is 36.4 Å². The van der Waals surface area contributed by atoms with Crippen LogP contribution in [0.1, 0.15) is 12.5 Å². The van der Waals surface area contributed by atoms with Crippen LogP contribution < -0.4 is 15.4 Å². The Morgan fingerprint density at radius 2 is 1.87 bits per heavy atom. The molecule has 9 heteroatoms. The lowest BCUT2D eigenvalue weighted by Crippen LogP contribution is -2.39. The summed E-state index contributed by atoms with van der Waals surface area (Å²) in [5, 5.41) is 17.5. The van der Waals surface area contributed by atoms with E-state index in [0.717, 1.165) is 22.9 Å². The third-order valence-electron chi connectivity index (χ3n) is 4.48. The summed E-state index contributed by atoms with van der Waals surface area (Å²) in [6.07, 6.45) is 1.81. The molecule has 0 bridgehead atoms. The SMILES string of the molecule is CCNC(=NCC(O)COc1ccc(F)cc1)NCCc1c[nH]c2cc(F)ccc12.I. The normalized spacial score (nSPS) is 12.3. The van der Waals surface area contributed by atoms with E-state index < -0.39 is 6.10 Å². The summed E-state index contributed by atoms with van der Waals surface area (Å²) in [6, 6.07) is 10.3. The zero-order chi connectivity index (χ0) is 21.3. The van der Waals surface area contributed by atoms with Crippen molar-refractivity contribution >= 4 is 40.8 Å². The topological polar surface area (TPSA) is 81.7 Å². The van der Waals surface area contributed by atoms with Crippen LogP contribution in [-0.4, -0.2) is 48.4 Å². The van der Waals surface area contributed by atoms with E-state index in [1.54, 1.807) is 6.07 Å². The predicted octanol–water partition coefficient (Wildman–Crippen LogP) is 3.60. The van der Waals surface area contributed by atoms with Crippen LogP contribution in [0.4, 0.5) is 8.78 Å². The highest BCUT2D eigenvalue weighted by molar-refractivity contribution is 14.0. The Labute approximate surface area is 197 Å². The Balaban J connectivity index is 0.00000341. The average molecular weight is 544 g/mol. The Bertz CT molecular complexity index is 979. The molecule has 0 saturated heterocycles. The first-order valence-electron chi connectivity index (χ1n) is 9.89. The van der Waals surface area contributed by atoms with Crippen molar-refractivity contribution in [3.05, 3.63) is 65.9 Å². The highest BCUT2D eigenvalue weighted by Gasteiger charge is 2.08. The summed E-state index contributed by atoms with van der Waals surface area (Å²) in [5.41, 5.74) is 1.86. The fourth-order valence-corrected chi connectivity index (χ4v) is 3.00. The second-order valence-corrected chi connectivity index (χ2v) is 6.82. The smallest absolute Gasteiger partial charge is 0.191 e. The van der Waals surface area contributed by atoms with Crippen LogP contribution in [0, 0.1) is 11.6 Å². The first-order valence-corrected chi connectivity index (χ1v) is 9.89. The number of ether oxygens (including phenoxy) is 1. The van der Waals surface area contributed by atoms with Crippen molar-refractivity contribution in [2.45, 2.75) is 19.4 Å². The Kier molecular flexibility index (Phi) is 9.99. The standard InChI is InChI=1S/C22H26F2N4O2.HI/c1-2-25-22(28-13-18(29)14-30-19-6-3-16(23)4-7-19)26-10-9-15-12-27-21-11-17(24)5-8-20(15)21;/h3-8,11-12,18,27,29H,2,9-10,13-14H2,1H3,(H2,25,26,28);1H. The molecule has 6 nitrogen and oxygen atoms in total. The lowest BCUT2D eigenvalue weighted by Gasteiger charge is -2.14. The molecule has 168 valence electrons. The molecule has 0 radical (unpaired) electrons. The number of halogens is 3. The number of H-pyrrole nitrogens is 1. The number of aliphatic hydroxyl groups excluding tert-OH is 1. The molecular formula is C22H27F2IN4O2. The van der Waals surface area contributed by atoms with Crippen LogP contribution in [0.2, 0.25) is 0 Å². The van der Waals surface area contributed by atoms with Gasteiger partial charge in [0.1, 0.15) is 30.1 Å². The fraction of sp³-hybridized carbons (Fsp3) is 0.318. The van der Waals surface area contributed by atoms with Gasteiger partial charge in [0.25, 0.3) is 0 Å². The molecule has 2 aromatic carbocycles. The van der Waals surface area contributed by atoms with Crippen LogP contribution in [-0.2, 0) is 6.42 Å². The minimum absolute atomic E-state index is 0. The molecular weight excluding hydrogens is 517 g/mol. The Morgan fingerprint density at radius 3 is 2.61 bits per heavy atom. The van der Waals surface area contributed by atoms with E-state index in [-0.39, 0.29) is 48.8 Å². The van der Waals surface area contributed by atoms with E-state index in [9.17, 15) is 13.9 Å². The quantitative estimate of drug-likeness (QED) is 0.189. The summed E-state index contributed by atoms with van der Waals surface area (Å²) >= 11 is 0. The monoisotopic (exact) mass is 544 g/mol. The number of aliphatic hydroxyl groups is 1. The van der Waals surface area contributed by atoms with Gasteiger partial charge in [0, 0.05) is 30.2 Å². The van der Waals surface area contributed by atoms with Crippen molar-refractivity contribution in [1.82, 2.24) is 15.6 Å². The van der Waals surface area contributed by atoms with Gasteiger partial charge in [-0.2, -0.15) is 0 Å². The highest BCUT2D eigenvalue weighted by Crippen LogP contribution is 2.19. The summed E-state index contributed by atoms with van der Waals surface area (Å²) in [5.74, 6) is 0.471. The van der Waals surface area contributed by atoms with Crippen LogP contribution in [0.3, 0.4) is 0 Å². The zero-order valence-corrected chi connectivity index (χ0v) is 19.5. The van der Waals surface area contributed by atoms with Gasteiger partial charge < -0.3 is 25.5 Å².